The second-order valence-corrected chi connectivity index (χ2v) is 3.43. The first-order chi connectivity index (χ1) is 7.83. The van der Waals surface area contributed by atoms with Crippen molar-refractivity contribution in [2.75, 3.05) is 6.61 Å². The highest BCUT2D eigenvalue weighted by Crippen LogP contribution is 2.24. The lowest BCUT2D eigenvalue weighted by Crippen LogP contribution is -2.30. The Morgan fingerprint density at radius 1 is 1.47 bits per heavy atom. The average molecular weight is 269 g/mol. The summed E-state index contributed by atoms with van der Waals surface area (Å²) in [4.78, 5) is 11.1. The van der Waals surface area contributed by atoms with Crippen molar-refractivity contribution in [2.45, 2.75) is 6.18 Å². The number of nitrogen functional groups attached to an aromatic ring is 1. The standard InChI is InChI=1S/C9H8ClF3N2O2/c10-7-3-5(17-4-9(11,12)13)1-2-6(7)8(16)15-14/h1-3H,4,14H2,(H,15,16). The van der Waals surface area contributed by atoms with Gasteiger partial charge in [0.15, 0.2) is 6.61 Å². The van der Waals surface area contributed by atoms with E-state index in [2.05, 4.69) is 4.74 Å². The molecule has 94 valence electrons. The smallest absolute Gasteiger partial charge is 0.422 e. The fraction of sp³-hybridized carbons (Fsp3) is 0.222. The topological polar surface area (TPSA) is 64.3 Å². The normalized spacial score (nSPS) is 11.1. The minimum absolute atomic E-state index is 0.0485. The number of hydrogen-bond donors (Lipinski definition) is 2. The summed E-state index contributed by atoms with van der Waals surface area (Å²) < 4.78 is 40.0. The fourth-order valence-corrected chi connectivity index (χ4v) is 1.27. The molecule has 8 heteroatoms. The lowest BCUT2D eigenvalue weighted by Gasteiger charge is -2.10. The van der Waals surface area contributed by atoms with Gasteiger partial charge < -0.3 is 4.74 Å². The van der Waals surface area contributed by atoms with Crippen LogP contribution in [0.25, 0.3) is 0 Å². The van der Waals surface area contributed by atoms with Crippen LogP contribution in [-0.2, 0) is 0 Å². The van der Waals surface area contributed by atoms with E-state index in [1.165, 1.54) is 12.1 Å². The van der Waals surface area contributed by atoms with Gasteiger partial charge in [0.2, 0.25) is 0 Å². The monoisotopic (exact) mass is 268 g/mol. The van der Waals surface area contributed by atoms with Crippen molar-refractivity contribution in [3.8, 4) is 5.75 Å². The number of hydrogen-bond acceptors (Lipinski definition) is 3. The Morgan fingerprint density at radius 3 is 2.59 bits per heavy atom. The number of nitrogens with one attached hydrogen (secondary N) is 1. The van der Waals surface area contributed by atoms with Gasteiger partial charge in [-0.3, -0.25) is 10.2 Å². The molecule has 1 amide bonds. The van der Waals surface area contributed by atoms with Gasteiger partial charge in [0.1, 0.15) is 5.75 Å². The molecule has 0 aliphatic rings. The second-order valence-electron chi connectivity index (χ2n) is 3.02. The molecule has 0 unspecified atom stereocenters. The zero-order valence-electron chi connectivity index (χ0n) is 8.34. The van der Waals surface area contributed by atoms with Crippen LogP contribution in [0.3, 0.4) is 0 Å². The highest BCUT2D eigenvalue weighted by atomic mass is 35.5. The van der Waals surface area contributed by atoms with Crippen molar-refractivity contribution < 1.29 is 22.7 Å². The number of benzene rings is 1. The molecule has 0 atom stereocenters. The number of carbonyl (C=O) groups is 1. The molecule has 0 heterocycles. The van der Waals surface area contributed by atoms with Gasteiger partial charge in [0, 0.05) is 0 Å². The molecular formula is C9H8ClF3N2O2. The van der Waals surface area contributed by atoms with Crippen LogP contribution >= 0.6 is 11.6 Å². The van der Waals surface area contributed by atoms with Crippen LogP contribution < -0.4 is 16.0 Å². The number of alkyl halides is 3. The first-order valence-electron chi connectivity index (χ1n) is 4.33. The van der Waals surface area contributed by atoms with Crippen molar-refractivity contribution in [2.24, 2.45) is 5.84 Å². The van der Waals surface area contributed by atoms with E-state index in [1.807, 2.05) is 5.43 Å². The van der Waals surface area contributed by atoms with E-state index in [0.29, 0.717) is 0 Å². The number of hydrazine groups is 1. The van der Waals surface area contributed by atoms with Crippen LogP contribution in [0.15, 0.2) is 18.2 Å². The molecule has 0 aliphatic heterocycles. The quantitative estimate of drug-likeness (QED) is 0.500. The predicted molar refractivity (Wildman–Crippen MR) is 54.7 cm³/mol. The molecule has 1 rings (SSSR count). The average Bonchev–Trinajstić information content (AvgIpc) is 2.24. The Kier molecular flexibility index (Phi) is 4.19. The second kappa shape index (κ2) is 5.24. The van der Waals surface area contributed by atoms with Gasteiger partial charge in [-0.25, -0.2) is 5.84 Å². The summed E-state index contributed by atoms with van der Waals surface area (Å²) in [6.45, 7) is -1.42. The van der Waals surface area contributed by atoms with Gasteiger partial charge >= 0.3 is 6.18 Å². The highest BCUT2D eigenvalue weighted by Gasteiger charge is 2.28. The third-order valence-corrected chi connectivity index (χ3v) is 2.03. The lowest BCUT2D eigenvalue weighted by atomic mass is 10.2. The Bertz CT molecular complexity index is 423. The molecule has 3 N–H and O–H groups in total. The Balaban J connectivity index is 2.79. The molecule has 0 spiro atoms. The fourth-order valence-electron chi connectivity index (χ4n) is 1.01. The maximum absolute atomic E-state index is 11.9. The molecule has 0 aromatic heterocycles. The Hall–Kier alpha value is -1.47. The van der Waals surface area contributed by atoms with Crippen LogP contribution in [0.4, 0.5) is 13.2 Å². The molecular weight excluding hydrogens is 261 g/mol. The molecule has 0 bridgehead atoms. The zero-order valence-corrected chi connectivity index (χ0v) is 9.10. The molecule has 0 radical (unpaired) electrons. The van der Waals surface area contributed by atoms with Gasteiger partial charge in [0.05, 0.1) is 10.6 Å². The van der Waals surface area contributed by atoms with Crippen molar-refractivity contribution in [3.05, 3.63) is 28.8 Å². The molecule has 1 aromatic rings. The number of ether oxygens (including phenoxy) is 1. The van der Waals surface area contributed by atoms with Crippen LogP contribution in [-0.4, -0.2) is 18.7 Å². The van der Waals surface area contributed by atoms with E-state index in [0.717, 1.165) is 6.07 Å². The molecule has 1 aromatic carbocycles. The van der Waals surface area contributed by atoms with E-state index in [1.54, 1.807) is 0 Å². The molecule has 17 heavy (non-hydrogen) atoms. The van der Waals surface area contributed by atoms with Crippen LogP contribution in [0.2, 0.25) is 5.02 Å². The van der Waals surface area contributed by atoms with E-state index < -0.39 is 18.7 Å². The minimum atomic E-state index is -4.43. The van der Waals surface area contributed by atoms with Crippen molar-refractivity contribution in [1.29, 1.82) is 0 Å². The van der Waals surface area contributed by atoms with E-state index in [-0.39, 0.29) is 16.3 Å². The zero-order chi connectivity index (χ0) is 13.1. The largest absolute Gasteiger partial charge is 0.484 e. The lowest BCUT2D eigenvalue weighted by molar-refractivity contribution is -0.153. The van der Waals surface area contributed by atoms with Crippen LogP contribution in [0.1, 0.15) is 10.4 Å². The third kappa shape index (κ3) is 4.12. The summed E-state index contributed by atoms with van der Waals surface area (Å²) in [5.41, 5.74) is 1.90. The number of rotatable bonds is 3. The van der Waals surface area contributed by atoms with E-state index in [4.69, 9.17) is 17.4 Å². The third-order valence-electron chi connectivity index (χ3n) is 1.72. The van der Waals surface area contributed by atoms with Crippen molar-refractivity contribution in [3.63, 3.8) is 0 Å². The van der Waals surface area contributed by atoms with Crippen LogP contribution in [0.5, 0.6) is 5.75 Å². The molecule has 4 nitrogen and oxygen atoms in total. The van der Waals surface area contributed by atoms with Crippen molar-refractivity contribution >= 4 is 17.5 Å². The van der Waals surface area contributed by atoms with Crippen LogP contribution in [0, 0.1) is 0 Å². The Labute approximate surface area is 99.5 Å². The predicted octanol–water partition coefficient (Wildman–Crippen LogP) is 1.88. The van der Waals surface area contributed by atoms with Crippen molar-refractivity contribution in [1.82, 2.24) is 5.43 Å². The van der Waals surface area contributed by atoms with Gasteiger partial charge in [-0.2, -0.15) is 13.2 Å². The minimum Gasteiger partial charge on any atom is -0.484 e. The molecule has 0 aliphatic carbocycles. The van der Waals surface area contributed by atoms with Gasteiger partial charge in [-0.05, 0) is 18.2 Å². The summed E-state index contributed by atoms with van der Waals surface area (Å²) in [7, 11) is 0. The first-order valence-corrected chi connectivity index (χ1v) is 4.71. The number of carbonyl (C=O) groups excluding carboxylic acids is 1. The number of amides is 1. The summed E-state index contributed by atoms with van der Waals surface area (Å²) in [6.07, 6.45) is -4.43. The summed E-state index contributed by atoms with van der Waals surface area (Å²) in [5.74, 6) is 4.16. The number of halogens is 4. The van der Waals surface area contributed by atoms with E-state index in [9.17, 15) is 18.0 Å². The van der Waals surface area contributed by atoms with E-state index >= 15 is 0 Å². The maximum atomic E-state index is 11.9. The Morgan fingerprint density at radius 2 is 2.12 bits per heavy atom. The first kappa shape index (κ1) is 13.6. The summed E-state index contributed by atoms with van der Waals surface area (Å²) >= 11 is 5.68. The molecule has 0 saturated heterocycles. The summed E-state index contributed by atoms with van der Waals surface area (Å²) in [5, 5.41) is -0.0485. The van der Waals surface area contributed by atoms with Gasteiger partial charge in [-0.15, -0.1) is 0 Å². The van der Waals surface area contributed by atoms with Gasteiger partial charge in [0.25, 0.3) is 5.91 Å². The molecule has 0 saturated carbocycles. The number of nitrogens with two attached hydrogens (primary N) is 1. The SMILES string of the molecule is NNC(=O)c1ccc(OCC(F)(F)F)cc1Cl. The van der Waals surface area contributed by atoms with Gasteiger partial charge in [-0.1, -0.05) is 11.6 Å². The maximum Gasteiger partial charge on any atom is 0.422 e. The summed E-state index contributed by atoms with van der Waals surface area (Å²) in [6, 6.07) is 3.52. The molecule has 0 fully saturated rings. The highest BCUT2D eigenvalue weighted by molar-refractivity contribution is 6.34.